The summed E-state index contributed by atoms with van der Waals surface area (Å²) in [5.74, 6) is 3.05. The number of rotatable bonds is 7. The molecule has 1 aromatic heterocycles. The maximum atomic E-state index is 12.4. The van der Waals surface area contributed by atoms with E-state index in [1.807, 2.05) is 45.0 Å². The highest BCUT2D eigenvalue weighted by molar-refractivity contribution is 6.32. The number of hydrogen-bond donors (Lipinski definition) is 1. The number of carbonyl (C=O) groups is 1. The molecule has 0 aliphatic carbocycles. The monoisotopic (exact) mass is 418 g/mol. The molecule has 1 unspecified atom stereocenters. The standard InChI is InChI=1S/C23H31ClN2O3/c1-15-7-9-26(10-8-15)20(21-6-5-18(4)29-21)13-25-22(27)14-28-19-11-16(2)23(24)17(3)12-19/h5-6,11-12,15,20H,7-10,13-14H2,1-4H3,(H,25,27). The lowest BCUT2D eigenvalue weighted by atomic mass is 9.97. The highest BCUT2D eigenvalue weighted by Crippen LogP contribution is 2.28. The number of hydrogen-bond acceptors (Lipinski definition) is 4. The van der Waals surface area contributed by atoms with Gasteiger partial charge in [-0.25, -0.2) is 0 Å². The van der Waals surface area contributed by atoms with Crippen LogP contribution in [0.4, 0.5) is 0 Å². The van der Waals surface area contributed by atoms with Crippen LogP contribution < -0.4 is 10.1 Å². The second kappa shape index (κ2) is 9.68. The van der Waals surface area contributed by atoms with Gasteiger partial charge in [-0.2, -0.15) is 0 Å². The molecule has 1 aliphatic rings. The number of benzene rings is 1. The number of halogens is 1. The molecule has 1 aliphatic heterocycles. The van der Waals surface area contributed by atoms with Crippen molar-refractivity contribution in [1.82, 2.24) is 10.2 Å². The van der Waals surface area contributed by atoms with Gasteiger partial charge in [-0.05, 0) is 88.0 Å². The van der Waals surface area contributed by atoms with Gasteiger partial charge in [0.05, 0.1) is 6.04 Å². The number of carbonyl (C=O) groups excluding carboxylic acids is 1. The van der Waals surface area contributed by atoms with Crippen LogP contribution in [0.2, 0.25) is 5.02 Å². The molecule has 0 spiro atoms. The maximum Gasteiger partial charge on any atom is 0.258 e. The smallest absolute Gasteiger partial charge is 0.258 e. The average Bonchev–Trinajstić information content (AvgIpc) is 3.12. The summed E-state index contributed by atoms with van der Waals surface area (Å²) in [4.78, 5) is 14.8. The van der Waals surface area contributed by atoms with Crippen molar-refractivity contribution in [3.05, 3.63) is 51.9 Å². The van der Waals surface area contributed by atoms with Gasteiger partial charge in [-0.1, -0.05) is 18.5 Å². The molecular formula is C23H31ClN2O3. The third-order valence-electron chi connectivity index (χ3n) is 5.62. The zero-order valence-electron chi connectivity index (χ0n) is 17.8. The predicted molar refractivity (Wildman–Crippen MR) is 116 cm³/mol. The van der Waals surface area contributed by atoms with Crippen molar-refractivity contribution in [2.45, 2.75) is 46.6 Å². The summed E-state index contributed by atoms with van der Waals surface area (Å²) in [5.41, 5.74) is 1.88. The predicted octanol–water partition coefficient (Wildman–Crippen LogP) is 4.83. The summed E-state index contributed by atoms with van der Waals surface area (Å²) in [6.07, 6.45) is 2.34. The van der Waals surface area contributed by atoms with Crippen molar-refractivity contribution in [2.75, 3.05) is 26.2 Å². The molecule has 158 valence electrons. The molecule has 2 aromatic rings. The maximum absolute atomic E-state index is 12.4. The van der Waals surface area contributed by atoms with E-state index in [1.54, 1.807) is 0 Å². The Kier molecular flexibility index (Phi) is 7.25. The van der Waals surface area contributed by atoms with Crippen molar-refractivity contribution in [2.24, 2.45) is 5.92 Å². The van der Waals surface area contributed by atoms with Crippen LogP contribution in [0, 0.1) is 26.7 Å². The van der Waals surface area contributed by atoms with Crippen LogP contribution >= 0.6 is 11.6 Å². The number of piperidine rings is 1. The van der Waals surface area contributed by atoms with Crippen LogP contribution in [0.1, 0.15) is 48.5 Å². The van der Waals surface area contributed by atoms with Crippen LogP contribution in [0.15, 0.2) is 28.7 Å². The van der Waals surface area contributed by atoms with Gasteiger partial charge in [0.1, 0.15) is 17.3 Å². The van der Waals surface area contributed by atoms with Gasteiger partial charge in [0.2, 0.25) is 0 Å². The molecule has 0 radical (unpaired) electrons. The summed E-state index contributed by atoms with van der Waals surface area (Å²) in [5, 5.41) is 3.75. The topological polar surface area (TPSA) is 54.7 Å². The minimum atomic E-state index is -0.145. The highest BCUT2D eigenvalue weighted by Gasteiger charge is 2.27. The Morgan fingerprint density at radius 3 is 2.48 bits per heavy atom. The highest BCUT2D eigenvalue weighted by atomic mass is 35.5. The van der Waals surface area contributed by atoms with Gasteiger partial charge < -0.3 is 14.5 Å². The zero-order chi connectivity index (χ0) is 21.0. The van der Waals surface area contributed by atoms with Gasteiger partial charge in [-0.15, -0.1) is 0 Å². The summed E-state index contributed by atoms with van der Waals surface area (Å²) in [7, 11) is 0. The Balaban J connectivity index is 1.58. The minimum Gasteiger partial charge on any atom is -0.484 e. The number of ether oxygens (including phenoxy) is 1. The Bertz CT molecular complexity index is 817. The van der Waals surface area contributed by atoms with E-state index in [2.05, 4.69) is 17.1 Å². The van der Waals surface area contributed by atoms with E-state index in [-0.39, 0.29) is 18.6 Å². The van der Waals surface area contributed by atoms with Gasteiger partial charge in [0.25, 0.3) is 5.91 Å². The number of nitrogens with zero attached hydrogens (tertiary/aromatic N) is 1. The van der Waals surface area contributed by atoms with Crippen molar-refractivity contribution in [1.29, 1.82) is 0 Å². The van der Waals surface area contributed by atoms with Gasteiger partial charge in [0, 0.05) is 11.6 Å². The van der Waals surface area contributed by atoms with E-state index in [0.717, 1.165) is 46.7 Å². The molecule has 5 nitrogen and oxygen atoms in total. The third kappa shape index (κ3) is 5.77. The molecule has 1 fully saturated rings. The van der Waals surface area contributed by atoms with Crippen LogP contribution in [0.3, 0.4) is 0 Å². The molecule has 1 amide bonds. The third-order valence-corrected chi connectivity index (χ3v) is 6.22. The van der Waals surface area contributed by atoms with Crippen LogP contribution in [-0.2, 0) is 4.79 Å². The summed E-state index contributed by atoms with van der Waals surface area (Å²) in [6.45, 7) is 10.6. The zero-order valence-corrected chi connectivity index (χ0v) is 18.5. The molecule has 0 saturated carbocycles. The first-order valence-electron chi connectivity index (χ1n) is 10.3. The first-order valence-corrected chi connectivity index (χ1v) is 10.7. The van der Waals surface area contributed by atoms with Crippen molar-refractivity contribution in [3.63, 3.8) is 0 Å². The van der Waals surface area contributed by atoms with E-state index in [9.17, 15) is 4.79 Å². The van der Waals surface area contributed by atoms with E-state index >= 15 is 0 Å². The number of aryl methyl sites for hydroxylation is 3. The number of nitrogens with one attached hydrogen (secondary N) is 1. The lowest BCUT2D eigenvalue weighted by Crippen LogP contribution is -2.42. The van der Waals surface area contributed by atoms with Gasteiger partial charge in [-0.3, -0.25) is 9.69 Å². The fourth-order valence-electron chi connectivity index (χ4n) is 3.78. The molecule has 1 atom stereocenters. The van der Waals surface area contributed by atoms with Crippen molar-refractivity contribution in [3.8, 4) is 5.75 Å². The molecule has 1 aromatic carbocycles. The summed E-state index contributed by atoms with van der Waals surface area (Å²) >= 11 is 6.19. The Labute approximate surface area is 178 Å². The number of furan rings is 1. The largest absolute Gasteiger partial charge is 0.484 e. The number of amides is 1. The molecular weight excluding hydrogens is 388 g/mol. The van der Waals surface area contributed by atoms with Crippen molar-refractivity contribution >= 4 is 17.5 Å². The minimum absolute atomic E-state index is 0.0263. The van der Waals surface area contributed by atoms with Gasteiger partial charge >= 0.3 is 0 Å². The average molecular weight is 419 g/mol. The van der Waals surface area contributed by atoms with Crippen LogP contribution in [0.5, 0.6) is 5.75 Å². The van der Waals surface area contributed by atoms with E-state index in [4.69, 9.17) is 20.8 Å². The van der Waals surface area contributed by atoms with Crippen molar-refractivity contribution < 1.29 is 13.9 Å². The Morgan fingerprint density at radius 2 is 1.90 bits per heavy atom. The first kappa shape index (κ1) is 21.7. The molecule has 0 bridgehead atoms. The normalized spacial score (nSPS) is 16.6. The van der Waals surface area contributed by atoms with Crippen LogP contribution in [0.25, 0.3) is 0 Å². The summed E-state index contributed by atoms with van der Waals surface area (Å²) in [6, 6.07) is 7.74. The lowest BCUT2D eigenvalue weighted by Gasteiger charge is -2.35. The molecule has 29 heavy (non-hydrogen) atoms. The fourth-order valence-corrected chi connectivity index (χ4v) is 3.89. The second-order valence-corrected chi connectivity index (χ2v) is 8.52. The molecule has 1 saturated heterocycles. The van der Waals surface area contributed by atoms with E-state index < -0.39 is 0 Å². The Morgan fingerprint density at radius 1 is 1.24 bits per heavy atom. The van der Waals surface area contributed by atoms with E-state index in [1.165, 1.54) is 12.8 Å². The first-order chi connectivity index (χ1) is 13.8. The molecule has 2 heterocycles. The van der Waals surface area contributed by atoms with E-state index in [0.29, 0.717) is 12.3 Å². The van der Waals surface area contributed by atoms with Gasteiger partial charge in [0.15, 0.2) is 6.61 Å². The molecule has 3 rings (SSSR count). The fraction of sp³-hybridized carbons (Fsp3) is 0.522. The SMILES string of the molecule is Cc1ccc(C(CNC(=O)COc2cc(C)c(Cl)c(C)c2)N2CCC(C)CC2)o1. The quantitative estimate of drug-likeness (QED) is 0.699. The summed E-state index contributed by atoms with van der Waals surface area (Å²) < 4.78 is 11.6. The number of likely N-dealkylation sites (tertiary alicyclic amines) is 1. The lowest BCUT2D eigenvalue weighted by molar-refractivity contribution is -0.123. The Hall–Kier alpha value is -1.98. The molecule has 1 N–H and O–H groups in total. The second-order valence-electron chi connectivity index (χ2n) is 8.15. The molecule has 6 heteroatoms. The van der Waals surface area contributed by atoms with Crippen LogP contribution in [-0.4, -0.2) is 37.0 Å².